The summed E-state index contributed by atoms with van der Waals surface area (Å²) in [6.45, 7) is 14.3. The first-order chi connectivity index (χ1) is 35.2. The topological polar surface area (TPSA) is 198 Å². The number of nitrogens with one attached hydrogen (secondary N) is 2. The van der Waals surface area contributed by atoms with E-state index in [-0.39, 0.29) is 19.0 Å². The Balaban J connectivity index is 0.000000454. The van der Waals surface area contributed by atoms with E-state index in [9.17, 15) is 9.59 Å². The molecule has 0 saturated carbocycles. The van der Waals surface area contributed by atoms with Gasteiger partial charge in [0, 0.05) is 82.3 Å². The lowest BCUT2D eigenvalue weighted by Crippen LogP contribution is -2.39. The number of ether oxygens (including phenoxy) is 6. The van der Waals surface area contributed by atoms with Crippen molar-refractivity contribution in [3.05, 3.63) is 127 Å². The number of benzene rings is 4. The number of hydrogen-bond donors (Lipinski definition) is 7. The van der Waals surface area contributed by atoms with Gasteiger partial charge in [0.2, 0.25) is 11.8 Å². The van der Waals surface area contributed by atoms with Crippen molar-refractivity contribution >= 4 is 83.5 Å². The number of carbonyl (C=O) groups excluding carboxylic acids is 2. The fraction of sp³-hybridized carbons (Fsp3) is 0.500. The van der Waals surface area contributed by atoms with Gasteiger partial charge in [-0.05, 0) is 105 Å². The summed E-state index contributed by atoms with van der Waals surface area (Å²) < 4.78 is 31.0. The molecule has 21 heteroatoms. The van der Waals surface area contributed by atoms with Crippen molar-refractivity contribution in [1.29, 1.82) is 0 Å². The first-order valence-electron chi connectivity index (χ1n) is 24.1. The molecule has 2 amide bonds. The summed E-state index contributed by atoms with van der Waals surface area (Å²) in [6, 6.07) is 27.3. The van der Waals surface area contributed by atoms with E-state index >= 15 is 0 Å². The van der Waals surface area contributed by atoms with E-state index in [1.54, 1.807) is 0 Å². The van der Waals surface area contributed by atoms with Crippen LogP contribution >= 0.6 is 71.7 Å². The molecule has 410 valence electrons. The second-order valence-corrected chi connectivity index (χ2v) is 18.7. The van der Waals surface area contributed by atoms with Gasteiger partial charge in [-0.1, -0.05) is 82.8 Å². The average molecular weight is 1140 g/mol. The molecule has 73 heavy (non-hydrogen) atoms. The summed E-state index contributed by atoms with van der Waals surface area (Å²) in [5.74, 6) is -0.715. The minimum atomic E-state index is -0.500. The molecule has 0 aromatic heterocycles. The lowest BCUT2D eigenvalue weighted by Gasteiger charge is -2.25. The van der Waals surface area contributed by atoms with Gasteiger partial charge in [0.25, 0.3) is 0 Å². The van der Waals surface area contributed by atoms with Crippen LogP contribution in [-0.4, -0.2) is 161 Å². The van der Waals surface area contributed by atoms with E-state index < -0.39 is 5.91 Å². The maximum atomic E-state index is 11.3. The normalized spacial score (nSPS) is 12.5. The van der Waals surface area contributed by atoms with Gasteiger partial charge in [0.05, 0.1) is 85.8 Å². The van der Waals surface area contributed by atoms with E-state index in [4.69, 9.17) is 92.0 Å². The van der Waals surface area contributed by atoms with Gasteiger partial charge < -0.3 is 60.7 Å². The molecule has 0 radical (unpaired) electrons. The molecule has 8 N–H and O–H groups in total. The number of amides is 2. The van der Waals surface area contributed by atoms with Crippen LogP contribution in [-0.2, 0) is 63.9 Å². The lowest BCUT2D eigenvalue weighted by molar-refractivity contribution is -0.120. The van der Waals surface area contributed by atoms with Crippen LogP contribution in [0.25, 0.3) is 0 Å². The largest absolute Gasteiger partial charge is 0.379 e. The van der Waals surface area contributed by atoms with E-state index in [2.05, 4.69) is 59.8 Å². The van der Waals surface area contributed by atoms with Gasteiger partial charge in [-0.3, -0.25) is 14.9 Å². The highest BCUT2D eigenvalue weighted by Gasteiger charge is 2.17. The van der Waals surface area contributed by atoms with Crippen LogP contribution in [0.4, 0.5) is 0 Å². The Kier molecular flexibility index (Phi) is 42.5. The molecule has 6 rings (SSSR count). The molecule has 4 aromatic rings. The van der Waals surface area contributed by atoms with Gasteiger partial charge in [-0.2, -0.15) is 0 Å². The van der Waals surface area contributed by atoms with Crippen molar-refractivity contribution in [2.75, 3.05) is 139 Å². The third-order valence-electron chi connectivity index (χ3n) is 9.77. The van der Waals surface area contributed by atoms with E-state index in [0.717, 1.165) is 75.5 Å². The zero-order valence-corrected chi connectivity index (χ0v) is 47.5. The Hall–Kier alpha value is -2.76. The smallest absolute Gasteiger partial charge is 0.234 e. The van der Waals surface area contributed by atoms with Crippen LogP contribution in [0.3, 0.4) is 0 Å². The third-order valence-corrected chi connectivity index (χ3v) is 11.5. The number of rotatable bonds is 24. The summed E-state index contributed by atoms with van der Waals surface area (Å²) >= 11 is 32.2. The van der Waals surface area contributed by atoms with Crippen molar-refractivity contribution in [3.63, 3.8) is 0 Å². The van der Waals surface area contributed by atoms with Crippen LogP contribution in [0.2, 0.25) is 20.1 Å². The van der Waals surface area contributed by atoms with Crippen LogP contribution < -0.4 is 27.8 Å². The van der Waals surface area contributed by atoms with E-state index in [0.29, 0.717) is 92.3 Å². The number of primary amides is 1. The molecule has 15 nitrogen and oxygen atoms in total. The standard InChI is InChI=1S/C12H26N4O5.2C10H11Cl2N.C8H19NO3.2C6H6S/c13-1-3-19-5-7-21-8-6-20-4-2-16-12(18)10-15-9-11(14)17;2*1-13-3-2-7-4-8(11)5-10(12)9(7)6-13;1-2-10-5-6-12-8-7-11-4-3-9;2*7-6-4-2-1-3-5-6/h15H,1-10,13H2,(H2,14,17)(H,16,18);2*4-5H,2-3,6H2,1H3;2-9H2,1H3;2*1-5,7H. The van der Waals surface area contributed by atoms with Crippen LogP contribution in [0.1, 0.15) is 29.2 Å². The SMILES string of the molecule is CCOCCOCCOCCN.CN1CCc2cc(Cl)cc(Cl)c2C1.CN1CCc2cc(Cl)cc(Cl)c2C1.NCCOCCOCCOCCNC(=O)CNCC(N)=O.Sc1ccccc1.Sc1ccccc1. The summed E-state index contributed by atoms with van der Waals surface area (Å²) in [7, 11) is 4.21. The maximum absolute atomic E-state index is 11.3. The second kappa shape index (κ2) is 45.4. The molecule has 2 heterocycles. The number of halogens is 4. The Morgan fingerprint density at radius 3 is 1.32 bits per heavy atom. The van der Waals surface area contributed by atoms with Gasteiger partial charge in [-0.15, -0.1) is 25.3 Å². The molecule has 0 bridgehead atoms. The minimum Gasteiger partial charge on any atom is -0.379 e. The maximum Gasteiger partial charge on any atom is 0.234 e. The van der Waals surface area contributed by atoms with Crippen LogP contribution in [0.5, 0.6) is 0 Å². The van der Waals surface area contributed by atoms with Crippen LogP contribution in [0.15, 0.2) is 94.7 Å². The number of carbonyl (C=O) groups is 2. The monoisotopic (exact) mass is 1130 g/mol. The molecule has 4 aromatic carbocycles. The zero-order valence-electron chi connectivity index (χ0n) is 42.6. The van der Waals surface area contributed by atoms with E-state index in [1.165, 1.54) is 22.3 Å². The summed E-state index contributed by atoms with van der Waals surface area (Å²) in [6.07, 6.45) is 2.10. The summed E-state index contributed by atoms with van der Waals surface area (Å²) in [5, 5.41) is 8.33. The highest BCUT2D eigenvalue weighted by Crippen LogP contribution is 2.30. The van der Waals surface area contributed by atoms with Crippen molar-refractivity contribution in [1.82, 2.24) is 20.4 Å². The fourth-order valence-electron chi connectivity index (χ4n) is 6.21. The first kappa shape index (κ1) is 68.3. The Bertz CT molecular complexity index is 1910. The van der Waals surface area contributed by atoms with Crippen LogP contribution in [0, 0.1) is 0 Å². The molecule has 0 fully saturated rings. The Labute approximate surface area is 465 Å². The Morgan fingerprint density at radius 1 is 0.575 bits per heavy atom. The molecule has 0 saturated heterocycles. The lowest BCUT2D eigenvalue weighted by atomic mass is 10.0. The van der Waals surface area contributed by atoms with Crippen molar-refractivity contribution in [2.45, 2.75) is 42.6 Å². The molecule has 0 aliphatic carbocycles. The number of thiol groups is 2. The molecule has 0 atom stereocenters. The summed E-state index contributed by atoms with van der Waals surface area (Å²) in [5.41, 5.74) is 20.5. The van der Waals surface area contributed by atoms with Gasteiger partial charge >= 0.3 is 0 Å². The van der Waals surface area contributed by atoms with Crippen molar-refractivity contribution < 1.29 is 38.0 Å². The van der Waals surface area contributed by atoms with Gasteiger partial charge in [-0.25, -0.2) is 0 Å². The quantitative estimate of drug-likeness (QED) is 0.0277. The zero-order chi connectivity index (χ0) is 53.9. The highest BCUT2D eigenvalue weighted by atomic mass is 35.5. The number of likely N-dealkylation sites (N-methyl/N-ethyl adjacent to an activating group) is 2. The van der Waals surface area contributed by atoms with Gasteiger partial charge in [0.15, 0.2) is 0 Å². The number of nitrogens with two attached hydrogens (primary N) is 3. The number of fused-ring (bicyclic) bond motifs is 2. The predicted octanol–water partition coefficient (Wildman–Crippen LogP) is 7.11. The third kappa shape index (κ3) is 37.6. The molecular weight excluding hydrogens is 1060 g/mol. The molecule has 2 aliphatic rings. The average Bonchev–Trinajstić information content (AvgIpc) is 3.36. The van der Waals surface area contributed by atoms with Gasteiger partial charge in [0.1, 0.15) is 0 Å². The fourth-order valence-corrected chi connectivity index (χ4v) is 7.74. The molecule has 0 spiro atoms. The molecular formula is C52H79Cl4N7O8S2. The summed E-state index contributed by atoms with van der Waals surface area (Å²) in [4.78, 5) is 28.2. The Morgan fingerprint density at radius 2 is 0.959 bits per heavy atom. The van der Waals surface area contributed by atoms with Crippen molar-refractivity contribution in [2.24, 2.45) is 17.2 Å². The highest BCUT2D eigenvalue weighted by molar-refractivity contribution is 7.80. The predicted molar refractivity (Wildman–Crippen MR) is 304 cm³/mol. The first-order valence-corrected chi connectivity index (χ1v) is 26.5. The minimum absolute atomic E-state index is 0.0176. The molecule has 0 unspecified atom stereocenters. The molecule has 2 aliphatic heterocycles. The number of hydrogen-bond acceptors (Lipinski definition) is 15. The number of nitrogens with zero attached hydrogens (tertiary/aromatic N) is 2. The second-order valence-electron chi connectivity index (χ2n) is 16.0. The van der Waals surface area contributed by atoms with Crippen molar-refractivity contribution in [3.8, 4) is 0 Å². The van der Waals surface area contributed by atoms with E-state index in [1.807, 2.05) is 91.9 Å².